The zero-order valence-electron chi connectivity index (χ0n) is 13.5. The van der Waals surface area contributed by atoms with Crippen LogP contribution in [0.5, 0.6) is 0 Å². The van der Waals surface area contributed by atoms with Crippen LogP contribution in [-0.2, 0) is 4.74 Å². The molecule has 0 saturated heterocycles. The SMILES string of the molecule is COCCN(C(=O)On1nnn(-c2cccc(Cl)c2)c1=O)C(C)C. The highest BCUT2D eigenvalue weighted by Gasteiger charge is 2.21. The number of carbonyl (C=O) groups is 1. The number of carbonyl (C=O) groups excluding carboxylic acids is 1. The molecule has 0 fully saturated rings. The predicted octanol–water partition coefficient (Wildman–Crippen LogP) is 0.988. The molecule has 9 nitrogen and oxygen atoms in total. The van der Waals surface area contributed by atoms with E-state index in [1.807, 2.05) is 13.8 Å². The van der Waals surface area contributed by atoms with E-state index in [9.17, 15) is 9.59 Å². The summed E-state index contributed by atoms with van der Waals surface area (Å²) in [6, 6.07) is 6.37. The highest BCUT2D eigenvalue weighted by molar-refractivity contribution is 6.30. The number of nitrogens with zero attached hydrogens (tertiary/aromatic N) is 5. The first-order valence-electron chi connectivity index (χ1n) is 7.23. The van der Waals surface area contributed by atoms with E-state index < -0.39 is 11.8 Å². The topological polar surface area (TPSA) is 91.5 Å². The third-order valence-electron chi connectivity index (χ3n) is 3.17. The van der Waals surface area contributed by atoms with Crippen LogP contribution in [0, 0.1) is 0 Å². The molecule has 0 spiro atoms. The number of ether oxygens (including phenoxy) is 1. The van der Waals surface area contributed by atoms with Crippen molar-refractivity contribution < 1.29 is 14.4 Å². The highest BCUT2D eigenvalue weighted by Crippen LogP contribution is 2.12. The standard InChI is InChI=1S/C14H18ClN5O4/c1-10(2)18(7-8-23-3)14(22)24-20-13(21)19(16-17-20)12-6-4-5-11(15)9-12/h4-6,9-10H,7-8H2,1-3H3. The Morgan fingerprint density at radius 1 is 1.38 bits per heavy atom. The van der Waals surface area contributed by atoms with Crippen molar-refractivity contribution in [3.05, 3.63) is 39.8 Å². The van der Waals surface area contributed by atoms with Gasteiger partial charge in [0.25, 0.3) is 0 Å². The van der Waals surface area contributed by atoms with Gasteiger partial charge in [0.15, 0.2) is 0 Å². The molecule has 0 aliphatic carbocycles. The van der Waals surface area contributed by atoms with Gasteiger partial charge >= 0.3 is 11.8 Å². The van der Waals surface area contributed by atoms with E-state index in [2.05, 4.69) is 10.4 Å². The van der Waals surface area contributed by atoms with E-state index in [-0.39, 0.29) is 6.04 Å². The Kier molecular flexibility index (Phi) is 5.93. The Balaban J connectivity index is 2.19. The third-order valence-corrected chi connectivity index (χ3v) is 3.40. The Hall–Kier alpha value is -2.39. The summed E-state index contributed by atoms with van der Waals surface area (Å²) in [5.41, 5.74) is -0.309. The van der Waals surface area contributed by atoms with Crippen molar-refractivity contribution in [2.24, 2.45) is 0 Å². The molecule has 0 aliphatic heterocycles. The maximum Gasteiger partial charge on any atom is 0.436 e. The lowest BCUT2D eigenvalue weighted by Crippen LogP contribution is -2.45. The molecule has 1 aromatic carbocycles. The third kappa shape index (κ3) is 4.12. The van der Waals surface area contributed by atoms with Gasteiger partial charge in [-0.1, -0.05) is 17.7 Å². The van der Waals surface area contributed by atoms with E-state index in [1.54, 1.807) is 24.3 Å². The van der Waals surface area contributed by atoms with Gasteiger partial charge in [0.2, 0.25) is 0 Å². The van der Waals surface area contributed by atoms with Gasteiger partial charge in [-0.05, 0) is 47.3 Å². The first-order valence-corrected chi connectivity index (χ1v) is 7.60. The van der Waals surface area contributed by atoms with Crippen molar-refractivity contribution in [2.75, 3.05) is 20.3 Å². The second kappa shape index (κ2) is 7.93. The molecule has 2 rings (SSSR count). The minimum absolute atomic E-state index is 0.133. The molecular weight excluding hydrogens is 338 g/mol. The molecule has 0 unspecified atom stereocenters. The molecule has 2 aromatic rings. The molecule has 0 N–H and O–H groups in total. The zero-order valence-corrected chi connectivity index (χ0v) is 14.3. The number of benzene rings is 1. The van der Waals surface area contributed by atoms with Crippen molar-refractivity contribution in [1.29, 1.82) is 0 Å². The number of rotatable bonds is 6. The first-order chi connectivity index (χ1) is 11.4. The second-order valence-electron chi connectivity index (χ2n) is 5.16. The van der Waals surface area contributed by atoms with E-state index in [4.69, 9.17) is 21.2 Å². The van der Waals surface area contributed by atoms with Gasteiger partial charge in [0, 0.05) is 24.7 Å². The van der Waals surface area contributed by atoms with Crippen molar-refractivity contribution in [1.82, 2.24) is 24.9 Å². The number of aromatic nitrogens is 4. The van der Waals surface area contributed by atoms with Crippen molar-refractivity contribution in [3.8, 4) is 5.69 Å². The van der Waals surface area contributed by atoms with Crippen LogP contribution < -0.4 is 10.5 Å². The largest absolute Gasteiger partial charge is 0.436 e. The van der Waals surface area contributed by atoms with Gasteiger partial charge in [-0.3, -0.25) is 4.84 Å². The highest BCUT2D eigenvalue weighted by atomic mass is 35.5. The van der Waals surface area contributed by atoms with E-state index in [1.165, 1.54) is 12.0 Å². The minimum atomic E-state index is -0.721. The predicted molar refractivity (Wildman–Crippen MR) is 86.3 cm³/mol. The molecule has 24 heavy (non-hydrogen) atoms. The fourth-order valence-electron chi connectivity index (χ4n) is 1.94. The molecule has 10 heteroatoms. The Morgan fingerprint density at radius 2 is 2.12 bits per heavy atom. The van der Waals surface area contributed by atoms with Crippen LogP contribution in [0.2, 0.25) is 5.02 Å². The number of tetrazole rings is 1. The van der Waals surface area contributed by atoms with Gasteiger partial charge < -0.3 is 9.64 Å². The molecule has 1 heterocycles. The van der Waals surface area contributed by atoms with Crippen molar-refractivity contribution in [2.45, 2.75) is 19.9 Å². The van der Waals surface area contributed by atoms with Gasteiger partial charge in [0.05, 0.1) is 12.3 Å². The Labute approximate surface area is 143 Å². The van der Waals surface area contributed by atoms with Gasteiger partial charge in [-0.2, -0.15) is 4.68 Å². The Bertz CT molecular complexity index is 758. The molecule has 0 aliphatic rings. The summed E-state index contributed by atoms with van der Waals surface area (Å²) >= 11 is 5.89. The number of methoxy groups -OCH3 is 1. The molecular formula is C14H18ClN5O4. The minimum Gasteiger partial charge on any atom is -0.383 e. The zero-order chi connectivity index (χ0) is 17.7. The van der Waals surface area contributed by atoms with Crippen LogP contribution in [0.25, 0.3) is 5.69 Å². The molecule has 130 valence electrons. The smallest absolute Gasteiger partial charge is 0.383 e. The van der Waals surface area contributed by atoms with E-state index in [0.717, 1.165) is 4.68 Å². The lowest BCUT2D eigenvalue weighted by molar-refractivity contribution is 0.0539. The van der Waals surface area contributed by atoms with Crippen molar-refractivity contribution >= 4 is 17.7 Å². The maximum absolute atomic E-state index is 12.3. The average Bonchev–Trinajstić information content (AvgIpc) is 2.88. The summed E-state index contributed by atoms with van der Waals surface area (Å²) in [6.07, 6.45) is -0.720. The quantitative estimate of drug-likeness (QED) is 0.717. The molecule has 0 saturated carbocycles. The van der Waals surface area contributed by atoms with Crippen LogP contribution in [0.4, 0.5) is 4.79 Å². The fraction of sp³-hybridized carbons (Fsp3) is 0.429. The van der Waals surface area contributed by atoms with Gasteiger partial charge in [-0.15, -0.1) is 0 Å². The van der Waals surface area contributed by atoms with Crippen LogP contribution in [0.1, 0.15) is 13.8 Å². The summed E-state index contributed by atoms with van der Waals surface area (Å²) in [5.74, 6) is 0. The molecule has 0 atom stereocenters. The first kappa shape index (κ1) is 18.0. The summed E-state index contributed by atoms with van der Waals surface area (Å²) < 4.78 is 5.94. The average molecular weight is 356 g/mol. The van der Waals surface area contributed by atoms with E-state index in [0.29, 0.717) is 28.7 Å². The van der Waals surface area contributed by atoms with Crippen LogP contribution >= 0.6 is 11.6 Å². The van der Waals surface area contributed by atoms with Crippen LogP contribution in [-0.4, -0.2) is 57.3 Å². The maximum atomic E-state index is 12.3. The summed E-state index contributed by atoms with van der Waals surface area (Å²) in [6.45, 7) is 4.31. The van der Waals surface area contributed by atoms with Crippen LogP contribution in [0.3, 0.4) is 0 Å². The molecule has 1 amide bonds. The van der Waals surface area contributed by atoms with Crippen molar-refractivity contribution in [3.63, 3.8) is 0 Å². The second-order valence-corrected chi connectivity index (χ2v) is 5.60. The summed E-state index contributed by atoms with van der Waals surface area (Å²) in [7, 11) is 1.53. The summed E-state index contributed by atoms with van der Waals surface area (Å²) in [4.78, 5) is 31.4. The lowest BCUT2D eigenvalue weighted by atomic mass is 10.3. The summed E-state index contributed by atoms with van der Waals surface area (Å²) in [5, 5.41) is 7.68. The number of halogens is 1. The Morgan fingerprint density at radius 3 is 2.75 bits per heavy atom. The number of hydrogen-bond donors (Lipinski definition) is 0. The van der Waals surface area contributed by atoms with Gasteiger partial charge in [-0.25, -0.2) is 9.59 Å². The monoisotopic (exact) mass is 355 g/mol. The molecule has 0 radical (unpaired) electrons. The van der Waals surface area contributed by atoms with Gasteiger partial charge in [0.1, 0.15) is 0 Å². The van der Waals surface area contributed by atoms with E-state index >= 15 is 0 Å². The molecule has 0 bridgehead atoms. The number of hydrogen-bond acceptors (Lipinski definition) is 6. The lowest BCUT2D eigenvalue weighted by Gasteiger charge is -2.24. The fourth-order valence-corrected chi connectivity index (χ4v) is 2.12. The molecule has 1 aromatic heterocycles. The normalized spacial score (nSPS) is 10.9. The number of amides is 1. The van der Waals surface area contributed by atoms with Crippen LogP contribution in [0.15, 0.2) is 29.1 Å².